The van der Waals surface area contributed by atoms with E-state index in [0.717, 1.165) is 54.5 Å². The lowest BCUT2D eigenvalue weighted by molar-refractivity contribution is -0.169. The maximum atomic E-state index is 12.8. The average Bonchev–Trinajstić information content (AvgIpc) is 3.26. The minimum absolute atomic E-state index is 0.0207. The van der Waals surface area contributed by atoms with Crippen molar-refractivity contribution in [2.45, 2.75) is 37.1 Å². The molecule has 2 heterocycles. The summed E-state index contributed by atoms with van der Waals surface area (Å²) in [6, 6.07) is 6.12. The summed E-state index contributed by atoms with van der Waals surface area (Å²) in [5.74, 6) is -0.0579. The fourth-order valence-electron chi connectivity index (χ4n) is 4.70. The molecule has 132 valence electrons. The predicted molar refractivity (Wildman–Crippen MR) is 95.4 cm³/mol. The van der Waals surface area contributed by atoms with Gasteiger partial charge in [0.25, 0.3) is 5.91 Å². The standard InChI is InChI=1S/C19H21BrN2O3/c20-12-1-2-14-15(5-12)19(3-4-19)9-22(17(14)24)8-16(23)21-13-6-18(7-13)10-25-11-18/h1-2,5,13H,3-4,6-11H2,(H,21,23). The van der Waals surface area contributed by atoms with E-state index in [4.69, 9.17) is 4.74 Å². The van der Waals surface area contributed by atoms with E-state index in [-0.39, 0.29) is 29.8 Å². The van der Waals surface area contributed by atoms with Gasteiger partial charge < -0.3 is 15.0 Å². The molecule has 2 saturated carbocycles. The number of ether oxygens (including phenoxy) is 1. The van der Waals surface area contributed by atoms with Gasteiger partial charge in [-0.05, 0) is 49.4 Å². The van der Waals surface area contributed by atoms with Crippen molar-refractivity contribution in [1.82, 2.24) is 10.2 Å². The number of hydrogen-bond donors (Lipinski definition) is 1. The molecule has 0 bridgehead atoms. The number of benzene rings is 1. The topological polar surface area (TPSA) is 58.6 Å². The van der Waals surface area contributed by atoms with E-state index >= 15 is 0 Å². The van der Waals surface area contributed by atoms with Crippen LogP contribution in [-0.4, -0.2) is 49.1 Å². The summed E-state index contributed by atoms with van der Waals surface area (Å²) in [6.45, 7) is 2.49. The smallest absolute Gasteiger partial charge is 0.254 e. The Morgan fingerprint density at radius 2 is 2.08 bits per heavy atom. The molecule has 3 fully saturated rings. The molecule has 0 radical (unpaired) electrons. The lowest BCUT2D eigenvalue weighted by atomic mass is 9.64. The first-order valence-electron chi connectivity index (χ1n) is 8.95. The van der Waals surface area contributed by atoms with Gasteiger partial charge in [0.05, 0.1) is 19.8 Å². The summed E-state index contributed by atoms with van der Waals surface area (Å²) in [4.78, 5) is 27.0. The van der Waals surface area contributed by atoms with Crippen LogP contribution in [0.25, 0.3) is 0 Å². The van der Waals surface area contributed by atoms with E-state index in [1.807, 2.05) is 12.1 Å². The maximum absolute atomic E-state index is 12.8. The number of rotatable bonds is 3. The van der Waals surface area contributed by atoms with Crippen LogP contribution in [0.3, 0.4) is 0 Å². The maximum Gasteiger partial charge on any atom is 0.254 e. The number of carbonyl (C=O) groups excluding carboxylic acids is 2. The summed E-state index contributed by atoms with van der Waals surface area (Å²) in [5, 5.41) is 3.09. The largest absolute Gasteiger partial charge is 0.380 e. The summed E-state index contributed by atoms with van der Waals surface area (Å²) in [6.07, 6.45) is 4.20. The summed E-state index contributed by atoms with van der Waals surface area (Å²) >= 11 is 3.51. The second kappa shape index (κ2) is 5.30. The van der Waals surface area contributed by atoms with E-state index in [2.05, 4.69) is 27.3 Å². The Labute approximate surface area is 155 Å². The third-order valence-corrected chi connectivity index (χ3v) is 6.79. The number of nitrogens with one attached hydrogen (secondary N) is 1. The number of amides is 2. The molecule has 1 aromatic rings. The highest BCUT2D eigenvalue weighted by Gasteiger charge is 2.52. The van der Waals surface area contributed by atoms with Crippen LogP contribution in [0, 0.1) is 5.41 Å². The van der Waals surface area contributed by atoms with Crippen LogP contribution < -0.4 is 5.32 Å². The number of nitrogens with zero attached hydrogens (tertiary/aromatic N) is 1. The zero-order valence-electron chi connectivity index (χ0n) is 14.0. The van der Waals surface area contributed by atoms with Crippen LogP contribution in [0.5, 0.6) is 0 Å². The Morgan fingerprint density at radius 3 is 2.72 bits per heavy atom. The molecule has 0 atom stereocenters. The monoisotopic (exact) mass is 404 g/mol. The van der Waals surface area contributed by atoms with Crippen molar-refractivity contribution in [3.05, 3.63) is 33.8 Å². The molecule has 25 heavy (non-hydrogen) atoms. The van der Waals surface area contributed by atoms with Crippen molar-refractivity contribution in [3.63, 3.8) is 0 Å². The Kier molecular flexibility index (Phi) is 3.36. The Bertz CT molecular complexity index is 762. The molecule has 1 saturated heterocycles. The Balaban J connectivity index is 1.26. The van der Waals surface area contributed by atoms with Gasteiger partial charge in [0.2, 0.25) is 5.91 Å². The van der Waals surface area contributed by atoms with Gasteiger partial charge in [0, 0.05) is 33.5 Å². The highest BCUT2D eigenvalue weighted by Crippen LogP contribution is 2.52. The van der Waals surface area contributed by atoms with Crippen LogP contribution >= 0.6 is 15.9 Å². The summed E-state index contributed by atoms with van der Waals surface area (Å²) in [5.41, 5.74) is 2.31. The quantitative estimate of drug-likeness (QED) is 0.839. The van der Waals surface area contributed by atoms with Gasteiger partial charge >= 0.3 is 0 Å². The number of carbonyl (C=O) groups is 2. The number of fused-ring (bicyclic) bond motifs is 2. The molecular weight excluding hydrogens is 384 g/mol. The van der Waals surface area contributed by atoms with Crippen molar-refractivity contribution < 1.29 is 14.3 Å². The molecule has 2 aliphatic heterocycles. The lowest BCUT2D eigenvalue weighted by Crippen LogP contribution is -2.60. The molecule has 5 rings (SSSR count). The molecule has 1 N–H and O–H groups in total. The van der Waals surface area contributed by atoms with E-state index < -0.39 is 0 Å². The van der Waals surface area contributed by atoms with Gasteiger partial charge in [-0.25, -0.2) is 0 Å². The lowest BCUT2D eigenvalue weighted by Gasteiger charge is -2.53. The third kappa shape index (κ3) is 2.53. The second-order valence-electron chi connectivity index (χ2n) is 8.30. The first kappa shape index (κ1) is 15.8. The molecule has 0 aromatic heterocycles. The molecule has 1 aromatic carbocycles. The highest BCUT2D eigenvalue weighted by atomic mass is 79.9. The van der Waals surface area contributed by atoms with E-state index in [1.165, 1.54) is 0 Å². The van der Waals surface area contributed by atoms with Gasteiger partial charge in [0.1, 0.15) is 0 Å². The minimum Gasteiger partial charge on any atom is -0.380 e. The van der Waals surface area contributed by atoms with Gasteiger partial charge in [-0.3, -0.25) is 9.59 Å². The second-order valence-corrected chi connectivity index (χ2v) is 9.21. The average molecular weight is 405 g/mol. The van der Waals surface area contributed by atoms with E-state index in [9.17, 15) is 9.59 Å². The van der Waals surface area contributed by atoms with Crippen LogP contribution in [-0.2, 0) is 14.9 Å². The first-order chi connectivity index (χ1) is 12.0. The van der Waals surface area contributed by atoms with E-state index in [0.29, 0.717) is 12.0 Å². The zero-order chi connectivity index (χ0) is 17.2. The molecule has 5 nitrogen and oxygen atoms in total. The van der Waals surface area contributed by atoms with Gasteiger partial charge in [-0.15, -0.1) is 0 Å². The van der Waals surface area contributed by atoms with Crippen molar-refractivity contribution in [3.8, 4) is 0 Å². The van der Waals surface area contributed by atoms with Crippen molar-refractivity contribution in [2.75, 3.05) is 26.3 Å². The van der Waals surface area contributed by atoms with Gasteiger partial charge in [-0.2, -0.15) is 0 Å². The normalized spacial score (nSPS) is 25.3. The predicted octanol–water partition coefficient (Wildman–Crippen LogP) is 2.23. The molecule has 2 amide bonds. The molecular formula is C19H21BrN2O3. The minimum atomic E-state index is -0.0372. The molecule has 0 unspecified atom stereocenters. The molecule has 4 aliphatic rings. The summed E-state index contributed by atoms with van der Waals surface area (Å²) in [7, 11) is 0. The fraction of sp³-hybridized carbons (Fsp3) is 0.579. The van der Waals surface area contributed by atoms with Crippen LogP contribution in [0.2, 0.25) is 0 Å². The Morgan fingerprint density at radius 1 is 1.32 bits per heavy atom. The number of halogens is 1. The third-order valence-electron chi connectivity index (χ3n) is 6.29. The Hall–Kier alpha value is -1.40. The van der Waals surface area contributed by atoms with Crippen molar-refractivity contribution >= 4 is 27.7 Å². The molecule has 2 spiro atoms. The van der Waals surface area contributed by atoms with Crippen LogP contribution in [0.1, 0.15) is 41.6 Å². The van der Waals surface area contributed by atoms with Crippen molar-refractivity contribution in [2.24, 2.45) is 5.41 Å². The SMILES string of the molecule is O=C(CN1CC2(CC2)c2cc(Br)ccc2C1=O)NC1CC2(COC2)C1. The van der Waals surface area contributed by atoms with Crippen LogP contribution in [0.15, 0.2) is 22.7 Å². The zero-order valence-corrected chi connectivity index (χ0v) is 15.6. The fourth-order valence-corrected chi connectivity index (χ4v) is 5.06. The van der Waals surface area contributed by atoms with Gasteiger partial charge in [0.15, 0.2) is 0 Å². The highest BCUT2D eigenvalue weighted by molar-refractivity contribution is 9.10. The number of hydrogen-bond acceptors (Lipinski definition) is 3. The van der Waals surface area contributed by atoms with Crippen molar-refractivity contribution in [1.29, 1.82) is 0 Å². The molecule has 2 aliphatic carbocycles. The summed E-state index contributed by atoms with van der Waals surface area (Å²) < 4.78 is 6.28. The van der Waals surface area contributed by atoms with Gasteiger partial charge in [-0.1, -0.05) is 15.9 Å². The first-order valence-corrected chi connectivity index (χ1v) is 9.75. The molecule has 6 heteroatoms. The van der Waals surface area contributed by atoms with Crippen LogP contribution in [0.4, 0.5) is 0 Å². The van der Waals surface area contributed by atoms with E-state index in [1.54, 1.807) is 4.90 Å².